The molecular formula is C83H62N4OPtSi-2. The van der Waals surface area contributed by atoms with Crippen molar-refractivity contribution < 1.29 is 79.7 Å². The molecule has 0 saturated heterocycles. The molecule has 0 radical (unpaired) electrons. The number of ether oxygens (including phenoxy) is 1. The summed E-state index contributed by atoms with van der Waals surface area (Å²) in [6.45, 7) is 1.83. The minimum absolute atomic E-state index is 0. The van der Waals surface area contributed by atoms with E-state index in [1.54, 1.807) is 67.8 Å². The third kappa shape index (κ3) is 10.4. The van der Waals surface area contributed by atoms with Crippen LogP contribution in [-0.4, -0.2) is 22.2 Å². The minimum atomic E-state index is -6.57. The summed E-state index contributed by atoms with van der Waals surface area (Å²) in [7, 11) is -6.57. The van der Waals surface area contributed by atoms with Crippen LogP contribution in [0.2, 0.25) is 0 Å². The molecule has 5 nitrogen and oxygen atoms in total. The number of rotatable bonds is 13. The molecule has 0 spiro atoms. The first kappa shape index (κ1) is 29.8. The molecule has 12 aromatic carbocycles. The zero-order valence-corrected chi connectivity index (χ0v) is 50.6. The van der Waals surface area contributed by atoms with Gasteiger partial charge in [-0.1, -0.05) is 262 Å². The molecule has 0 saturated carbocycles. The number of benzene rings is 12. The van der Waals surface area contributed by atoms with Gasteiger partial charge in [0.1, 0.15) is 5.82 Å². The summed E-state index contributed by atoms with van der Waals surface area (Å²) in [5, 5.41) is -2.53. The SMILES string of the molecule is [2H]c1c([2H])c([2H])c(-c2cnc(-n3c4[c-]c(Oc5[c-]c(-n6[c-][n+](-c7c(-c8c([2H])c(-c9c([2H])c([2H])c([2H])c([2H])c9[2H])c([2H])c(-c9c([2H])c([2H])c([2H])c([2H])c9[2H])c8[2H])cc(C(C)(C)C)cc7[Si](c7c([2H])c([2H])c([2H])c([2H])c7[2H])(c7c([2H])c([2H])c([2H])c([2H])c7[2H])c7c([2H])c([2H])c([2H])c([2H])c7[2H])c7ccccc76)ccc5)ccc4c4ccccc43)cc2C([2H])([2H])[2H])c([2H])c1[2H].[Pt]. The summed E-state index contributed by atoms with van der Waals surface area (Å²) in [6, 6.07) is -3.38. The van der Waals surface area contributed by atoms with Gasteiger partial charge in [-0.2, -0.15) is 18.2 Å². The third-order valence-corrected chi connectivity index (χ3v) is 19.2. The summed E-state index contributed by atoms with van der Waals surface area (Å²) in [5.74, 6) is -0.0976. The van der Waals surface area contributed by atoms with Gasteiger partial charge in [-0.05, 0) is 124 Å². The van der Waals surface area contributed by atoms with Gasteiger partial charge in [0.2, 0.25) is 0 Å². The summed E-state index contributed by atoms with van der Waals surface area (Å²) in [4.78, 5) is 4.67. The molecule has 0 aliphatic carbocycles. The van der Waals surface area contributed by atoms with E-state index in [4.69, 9.17) is 28.0 Å². The Kier molecular flexibility index (Phi) is 7.97. The van der Waals surface area contributed by atoms with E-state index in [1.165, 1.54) is 63.7 Å². The number of para-hydroxylation sites is 3. The van der Waals surface area contributed by atoms with E-state index in [0.29, 0.717) is 16.3 Å². The molecule has 0 unspecified atom stereocenters. The maximum Gasteiger partial charge on any atom is 0.268 e. The van der Waals surface area contributed by atoms with Crippen LogP contribution in [0.1, 0.15) is 81.2 Å². The van der Waals surface area contributed by atoms with Crippen LogP contribution in [0.4, 0.5) is 0 Å². The molecule has 0 amide bonds. The Balaban J connectivity index is 0.0000129. The van der Waals surface area contributed by atoms with E-state index in [0.717, 1.165) is 6.20 Å². The van der Waals surface area contributed by atoms with E-state index >= 15 is 0 Å². The molecule has 0 bridgehead atoms. The van der Waals surface area contributed by atoms with E-state index in [2.05, 4.69) is 23.4 Å². The predicted molar refractivity (Wildman–Crippen MR) is 369 cm³/mol. The van der Waals surface area contributed by atoms with Crippen LogP contribution in [0.3, 0.4) is 0 Å². The molecule has 0 atom stereocenters. The molecule has 0 fully saturated rings. The van der Waals surface area contributed by atoms with Crippen LogP contribution in [0.25, 0.3) is 94.5 Å². The Morgan fingerprint density at radius 2 is 1.06 bits per heavy atom. The summed E-state index contributed by atoms with van der Waals surface area (Å²) >= 11 is 0. The molecule has 15 rings (SSSR count). The number of aromatic nitrogens is 4. The van der Waals surface area contributed by atoms with Crippen molar-refractivity contribution in [2.24, 2.45) is 0 Å². The Labute approximate surface area is 592 Å². The predicted octanol–water partition coefficient (Wildman–Crippen LogP) is 17.2. The molecule has 3 aromatic heterocycles. The first-order chi connectivity index (χ1) is 58.6. The first-order valence-corrected chi connectivity index (χ1v) is 29.5. The number of pyridine rings is 1. The number of hydrogen-bond acceptors (Lipinski definition) is 2. The van der Waals surface area contributed by atoms with Crippen LogP contribution >= 0.6 is 0 Å². The second-order valence-corrected chi connectivity index (χ2v) is 24.7. The largest absolute Gasteiger partial charge is 0.510 e. The molecule has 15 aromatic rings. The Hall–Kier alpha value is -10.2. The van der Waals surface area contributed by atoms with Crippen molar-refractivity contribution >= 4 is 61.7 Å². The van der Waals surface area contributed by atoms with Crippen molar-refractivity contribution in [2.75, 3.05) is 0 Å². The van der Waals surface area contributed by atoms with Crippen LogP contribution in [0.15, 0.2) is 303 Å². The standard InChI is InChI=1S/C83H62N4OSi.Pt/c1-58-48-81(84-56-75(58)61-32-15-7-16-33-61)87-76-43-24-23-42-72(76)73-47-46-68(55-79(73)87)88-67-35-27-34-66(54-67)85-57-86(78-45-26-25-44-77(78)85)82-74(64-50-62(59-28-11-5-12-29-59)49-63(51-64)60-30-13-6-14-31-60)52-65(83(2,3)4)53-80(82)89(69-36-17-8-18-37-69,70-38-19-9-20-39-70)71-40-21-10-22-41-71;/h5-53,56H,1-4H3;/q-2;/i1D3,5D,6D,7D,8D,9D,10D,11D,12D,13D,14D,15D,16D,17D,18D,19D,20D,21D,22D,28D,29D,30D,31D,32D,33D,36D,37D,38D,39D,40D,41D,49D,50D,51D;. The third-order valence-electron chi connectivity index (χ3n) is 15.0. The molecular weight excluding hydrogens is 1290 g/mol. The Bertz CT molecular complexity index is 6870. The number of fused-ring (bicyclic) bond motifs is 4. The molecule has 0 N–H and O–H groups in total. The monoisotopic (exact) mass is 1390 g/mol. The number of hydrogen-bond donors (Lipinski definition) is 0. The van der Waals surface area contributed by atoms with Crippen LogP contribution < -0.4 is 30.1 Å². The van der Waals surface area contributed by atoms with Gasteiger partial charge in [-0.3, -0.25) is 4.57 Å². The van der Waals surface area contributed by atoms with Gasteiger partial charge < -0.3 is 13.9 Å². The number of imidazole rings is 1. The van der Waals surface area contributed by atoms with Crippen molar-refractivity contribution in [1.82, 2.24) is 14.1 Å². The quantitative estimate of drug-likeness (QED) is 0.0499. The molecule has 7 heteroatoms. The van der Waals surface area contributed by atoms with Gasteiger partial charge in [0.25, 0.3) is 6.33 Å². The van der Waals surface area contributed by atoms with Gasteiger partial charge >= 0.3 is 0 Å². The van der Waals surface area contributed by atoms with Crippen molar-refractivity contribution in [2.45, 2.75) is 33.0 Å². The second kappa shape index (κ2) is 24.0. The maximum atomic E-state index is 10.8. The van der Waals surface area contributed by atoms with Crippen molar-refractivity contribution in [1.29, 1.82) is 0 Å². The number of nitrogens with zero attached hydrogens (tertiary/aromatic N) is 4. The van der Waals surface area contributed by atoms with E-state index < -0.39 is 291 Å². The molecule has 0 aliphatic heterocycles. The number of aryl methyl sites for hydroxylation is 1. The fourth-order valence-corrected chi connectivity index (χ4v) is 15.0. The normalized spacial score (nSPS) is 17.5. The molecule has 3 heterocycles. The smallest absolute Gasteiger partial charge is 0.268 e. The molecule has 0 aliphatic rings. The first-order valence-electron chi connectivity index (χ1n) is 45.5. The fraction of sp³-hybridized carbons (Fsp3) is 0.0602. The summed E-state index contributed by atoms with van der Waals surface area (Å²) in [5.41, 5.74) is -7.62. The van der Waals surface area contributed by atoms with Gasteiger partial charge in [0.15, 0.2) is 8.07 Å². The van der Waals surface area contributed by atoms with E-state index in [-0.39, 0.29) is 71.7 Å². The Morgan fingerprint density at radius 3 is 1.66 bits per heavy atom. The van der Waals surface area contributed by atoms with Crippen LogP contribution in [0.5, 0.6) is 11.5 Å². The summed E-state index contributed by atoms with van der Waals surface area (Å²) < 4.78 is 349. The Morgan fingerprint density at radius 1 is 0.511 bits per heavy atom. The van der Waals surface area contributed by atoms with Crippen LogP contribution in [-0.2, 0) is 26.5 Å². The van der Waals surface area contributed by atoms with Crippen LogP contribution in [0, 0.1) is 25.3 Å². The zero-order chi connectivity index (χ0) is 91.3. The maximum absolute atomic E-state index is 10.8. The van der Waals surface area contributed by atoms with E-state index in [1.807, 2.05) is 0 Å². The van der Waals surface area contributed by atoms with Crippen molar-refractivity contribution in [3.8, 4) is 73.2 Å². The van der Waals surface area contributed by atoms with Gasteiger partial charge in [-0.25, -0.2) is 4.98 Å². The minimum Gasteiger partial charge on any atom is -0.510 e. The average Bonchev–Trinajstić information content (AvgIpc) is 0.813. The van der Waals surface area contributed by atoms with Gasteiger partial charge in [-0.15, -0.1) is 29.7 Å². The zero-order valence-electron chi connectivity index (χ0n) is 83.3. The fourth-order valence-electron chi connectivity index (χ4n) is 11.0. The van der Waals surface area contributed by atoms with Crippen molar-refractivity contribution in [3.05, 3.63) is 332 Å². The molecule has 90 heavy (non-hydrogen) atoms. The molecule has 436 valence electrons. The van der Waals surface area contributed by atoms with Gasteiger partial charge in [0.05, 0.1) is 62.0 Å². The second-order valence-electron chi connectivity index (χ2n) is 21.2. The topological polar surface area (TPSA) is 35.9 Å². The van der Waals surface area contributed by atoms with Gasteiger partial charge in [0, 0.05) is 54.0 Å². The average molecular weight is 1390 g/mol. The van der Waals surface area contributed by atoms with Crippen molar-refractivity contribution in [3.63, 3.8) is 0 Å². The van der Waals surface area contributed by atoms with E-state index in [9.17, 15) is 26.0 Å². The summed E-state index contributed by atoms with van der Waals surface area (Å²) in [6.07, 6.45) is 4.43.